The van der Waals surface area contributed by atoms with E-state index in [1.165, 1.54) is 0 Å². The molecular formula is C20H37IN4OS. The van der Waals surface area contributed by atoms with Crippen LogP contribution in [0.3, 0.4) is 0 Å². The van der Waals surface area contributed by atoms with E-state index >= 15 is 0 Å². The van der Waals surface area contributed by atoms with Gasteiger partial charge >= 0.3 is 0 Å². The van der Waals surface area contributed by atoms with Gasteiger partial charge in [-0.15, -0.1) is 24.0 Å². The Morgan fingerprint density at radius 2 is 1.85 bits per heavy atom. The Bertz CT molecular complexity index is 551. The van der Waals surface area contributed by atoms with Crippen LogP contribution in [0.5, 0.6) is 5.75 Å². The summed E-state index contributed by atoms with van der Waals surface area (Å²) < 4.78 is 6.19. The van der Waals surface area contributed by atoms with Crippen molar-refractivity contribution in [2.45, 2.75) is 39.0 Å². The molecule has 0 aliphatic carbocycles. The van der Waals surface area contributed by atoms with Gasteiger partial charge in [-0.05, 0) is 39.3 Å². The third-order valence-electron chi connectivity index (χ3n) is 4.44. The van der Waals surface area contributed by atoms with Gasteiger partial charge in [0, 0.05) is 37.0 Å². The van der Waals surface area contributed by atoms with Crippen LogP contribution in [0.4, 0.5) is 0 Å². The summed E-state index contributed by atoms with van der Waals surface area (Å²) >= 11 is 1.84. The second kappa shape index (κ2) is 14.3. The molecule has 2 N–H and O–H groups in total. The fourth-order valence-corrected chi connectivity index (χ4v) is 2.60. The molecule has 0 radical (unpaired) electrons. The zero-order valence-corrected chi connectivity index (χ0v) is 20.8. The van der Waals surface area contributed by atoms with Crippen LogP contribution >= 0.6 is 35.7 Å². The highest BCUT2D eigenvalue weighted by Gasteiger charge is 2.16. The van der Waals surface area contributed by atoms with Gasteiger partial charge < -0.3 is 20.3 Å². The smallest absolute Gasteiger partial charge is 0.191 e. The molecule has 5 nitrogen and oxygen atoms in total. The molecule has 0 aliphatic heterocycles. The summed E-state index contributed by atoms with van der Waals surface area (Å²) in [5, 5.41) is 6.78. The van der Waals surface area contributed by atoms with Crippen molar-refractivity contribution in [1.82, 2.24) is 15.5 Å². The molecular weight excluding hydrogens is 471 g/mol. The second-order valence-electron chi connectivity index (χ2n) is 6.73. The van der Waals surface area contributed by atoms with Gasteiger partial charge in [0.25, 0.3) is 0 Å². The van der Waals surface area contributed by atoms with E-state index in [1.54, 1.807) is 7.05 Å². The molecule has 0 saturated carbocycles. The lowest BCUT2D eigenvalue weighted by Crippen LogP contribution is -2.43. The standard InChI is InChI=1S/C20H36N4OS.HI/c1-7-24(8-2)13-14-25-18-12-10-9-11-17(18)15-22-19(21-5)23-16-20(3,4)26-6;/h9-12H,7-8,13-16H2,1-6H3,(H2,21,22,23);1H. The molecule has 0 aromatic heterocycles. The van der Waals surface area contributed by atoms with Crippen LogP contribution in [0.25, 0.3) is 0 Å². The minimum atomic E-state index is 0. The van der Waals surface area contributed by atoms with Gasteiger partial charge in [0.05, 0.1) is 0 Å². The first kappa shape index (κ1) is 26.3. The van der Waals surface area contributed by atoms with Gasteiger partial charge in [-0.1, -0.05) is 32.0 Å². The number of guanidine groups is 1. The monoisotopic (exact) mass is 508 g/mol. The quantitative estimate of drug-likeness (QED) is 0.270. The van der Waals surface area contributed by atoms with Crippen molar-refractivity contribution in [3.63, 3.8) is 0 Å². The number of nitrogens with one attached hydrogen (secondary N) is 2. The number of benzene rings is 1. The first-order valence-electron chi connectivity index (χ1n) is 9.38. The Balaban J connectivity index is 0.00000676. The average molecular weight is 509 g/mol. The number of halogens is 1. The highest BCUT2D eigenvalue weighted by Crippen LogP contribution is 2.20. The maximum atomic E-state index is 6.02. The average Bonchev–Trinajstić information content (AvgIpc) is 2.66. The highest BCUT2D eigenvalue weighted by atomic mass is 127. The molecule has 0 saturated heterocycles. The number of likely N-dealkylation sites (N-methyl/N-ethyl adjacent to an activating group) is 1. The van der Waals surface area contributed by atoms with Crippen molar-refractivity contribution in [2.75, 3.05) is 46.1 Å². The van der Waals surface area contributed by atoms with Crippen LogP contribution < -0.4 is 15.4 Å². The lowest BCUT2D eigenvalue weighted by Gasteiger charge is -2.24. The minimum absolute atomic E-state index is 0. The summed E-state index contributed by atoms with van der Waals surface area (Å²) in [7, 11) is 1.80. The third kappa shape index (κ3) is 10.4. The first-order valence-corrected chi connectivity index (χ1v) is 10.6. The molecule has 0 unspecified atom stereocenters. The number of aliphatic imine (C=N–C) groups is 1. The van der Waals surface area contributed by atoms with Crippen LogP contribution in [0, 0.1) is 0 Å². The van der Waals surface area contributed by atoms with Crippen LogP contribution in [0.15, 0.2) is 29.3 Å². The van der Waals surface area contributed by atoms with E-state index in [0.29, 0.717) is 13.2 Å². The second-order valence-corrected chi connectivity index (χ2v) is 8.24. The van der Waals surface area contributed by atoms with E-state index in [2.05, 4.69) is 60.5 Å². The zero-order chi connectivity index (χ0) is 19.4. The molecule has 0 heterocycles. The molecule has 0 atom stereocenters. The molecule has 1 aromatic rings. The normalized spacial score (nSPS) is 11.9. The molecule has 7 heteroatoms. The number of thioether (sulfide) groups is 1. The Morgan fingerprint density at radius 3 is 2.44 bits per heavy atom. The lowest BCUT2D eigenvalue weighted by atomic mass is 10.2. The first-order chi connectivity index (χ1) is 12.5. The van der Waals surface area contributed by atoms with Gasteiger partial charge in [-0.25, -0.2) is 0 Å². The zero-order valence-electron chi connectivity index (χ0n) is 17.7. The van der Waals surface area contributed by atoms with Crippen molar-refractivity contribution in [1.29, 1.82) is 0 Å². The van der Waals surface area contributed by atoms with E-state index in [0.717, 1.165) is 43.5 Å². The van der Waals surface area contributed by atoms with Gasteiger partial charge in [0.2, 0.25) is 0 Å². The summed E-state index contributed by atoms with van der Waals surface area (Å²) in [6.07, 6.45) is 2.13. The SMILES string of the molecule is CCN(CC)CCOc1ccccc1CNC(=NC)NCC(C)(C)SC.I. The Labute approximate surface area is 187 Å². The van der Waals surface area contributed by atoms with E-state index in [9.17, 15) is 0 Å². The largest absolute Gasteiger partial charge is 0.492 e. The molecule has 0 spiro atoms. The summed E-state index contributed by atoms with van der Waals surface area (Å²) in [5.74, 6) is 1.75. The fourth-order valence-electron chi connectivity index (χ4n) is 2.38. The van der Waals surface area contributed by atoms with Crippen molar-refractivity contribution in [3.05, 3.63) is 29.8 Å². The highest BCUT2D eigenvalue weighted by molar-refractivity contribution is 14.0. The van der Waals surface area contributed by atoms with Gasteiger partial charge in [-0.3, -0.25) is 4.99 Å². The predicted molar refractivity (Wildman–Crippen MR) is 131 cm³/mol. The molecule has 156 valence electrons. The van der Waals surface area contributed by atoms with E-state index in [-0.39, 0.29) is 28.7 Å². The molecule has 0 aliphatic rings. The predicted octanol–water partition coefficient (Wildman–Crippen LogP) is 3.83. The van der Waals surface area contributed by atoms with Crippen LogP contribution in [-0.4, -0.2) is 61.7 Å². The minimum Gasteiger partial charge on any atom is -0.492 e. The van der Waals surface area contributed by atoms with Crippen LogP contribution in [0.1, 0.15) is 33.3 Å². The van der Waals surface area contributed by atoms with Gasteiger partial charge in [0.1, 0.15) is 12.4 Å². The molecule has 0 amide bonds. The Morgan fingerprint density at radius 1 is 1.19 bits per heavy atom. The van der Waals surface area contributed by atoms with Crippen molar-refractivity contribution < 1.29 is 4.74 Å². The summed E-state index contributed by atoms with van der Waals surface area (Å²) in [6, 6.07) is 8.19. The maximum absolute atomic E-state index is 6.02. The number of rotatable bonds is 11. The van der Waals surface area contributed by atoms with Crippen molar-refractivity contribution in [2.24, 2.45) is 4.99 Å². The molecule has 27 heavy (non-hydrogen) atoms. The number of hydrogen-bond acceptors (Lipinski definition) is 4. The van der Waals surface area contributed by atoms with Crippen LogP contribution in [0.2, 0.25) is 0 Å². The topological polar surface area (TPSA) is 48.9 Å². The lowest BCUT2D eigenvalue weighted by molar-refractivity contribution is 0.221. The Hall–Kier alpha value is -0.670. The molecule has 0 fully saturated rings. The van der Waals surface area contributed by atoms with E-state index in [4.69, 9.17) is 4.74 Å². The van der Waals surface area contributed by atoms with Crippen LogP contribution in [-0.2, 0) is 6.54 Å². The number of hydrogen-bond donors (Lipinski definition) is 2. The summed E-state index contributed by atoms with van der Waals surface area (Å²) in [6.45, 7) is 14.1. The van der Waals surface area contributed by atoms with Crippen molar-refractivity contribution in [3.8, 4) is 5.75 Å². The van der Waals surface area contributed by atoms with Gasteiger partial charge in [0.15, 0.2) is 5.96 Å². The van der Waals surface area contributed by atoms with E-state index in [1.807, 2.05) is 30.0 Å². The van der Waals surface area contributed by atoms with Gasteiger partial charge in [-0.2, -0.15) is 11.8 Å². The molecule has 1 rings (SSSR count). The third-order valence-corrected chi connectivity index (χ3v) is 5.69. The number of ether oxygens (including phenoxy) is 1. The summed E-state index contributed by atoms with van der Waals surface area (Å²) in [5.41, 5.74) is 1.14. The van der Waals surface area contributed by atoms with Crippen molar-refractivity contribution >= 4 is 41.7 Å². The number of nitrogens with zero attached hydrogens (tertiary/aromatic N) is 2. The maximum Gasteiger partial charge on any atom is 0.191 e. The fraction of sp³-hybridized carbons (Fsp3) is 0.650. The number of para-hydroxylation sites is 1. The molecule has 1 aromatic carbocycles. The molecule has 0 bridgehead atoms. The van der Waals surface area contributed by atoms with E-state index < -0.39 is 0 Å². The Kier molecular flexibility index (Phi) is 14.0. The summed E-state index contributed by atoms with van der Waals surface area (Å²) in [4.78, 5) is 6.68.